The fourth-order valence-electron chi connectivity index (χ4n) is 1.87. The molecule has 0 aliphatic rings. The highest BCUT2D eigenvalue weighted by atomic mass is 32.2. The third kappa shape index (κ3) is 3.64. The molecule has 0 radical (unpaired) electrons. The van der Waals surface area contributed by atoms with Gasteiger partial charge in [-0.1, -0.05) is 36.4 Å². The van der Waals surface area contributed by atoms with E-state index in [2.05, 4.69) is 0 Å². The van der Waals surface area contributed by atoms with E-state index in [4.69, 9.17) is 4.74 Å². The van der Waals surface area contributed by atoms with Gasteiger partial charge in [0.25, 0.3) is 0 Å². The van der Waals surface area contributed by atoms with Crippen molar-refractivity contribution in [3.8, 4) is 0 Å². The van der Waals surface area contributed by atoms with Crippen LogP contribution in [0.15, 0.2) is 53.4 Å². The monoisotopic (exact) mass is 301 g/mol. The first-order valence-corrected chi connectivity index (χ1v) is 7.21. The molecule has 0 aliphatic carbocycles. The van der Waals surface area contributed by atoms with E-state index in [9.17, 15) is 14.7 Å². The fourth-order valence-corrected chi connectivity index (χ4v) is 2.92. The Kier molecular flexibility index (Phi) is 5.00. The SMILES string of the molecule is COC(=O)c1ccccc1CSc1ccccc1C(=O)[O-]. The molecular formula is C16H13O4S-. The van der Waals surface area contributed by atoms with Crippen molar-refractivity contribution >= 4 is 23.7 Å². The van der Waals surface area contributed by atoms with Gasteiger partial charge in [-0.15, -0.1) is 11.8 Å². The molecule has 0 saturated carbocycles. The van der Waals surface area contributed by atoms with E-state index in [0.29, 0.717) is 16.2 Å². The highest BCUT2D eigenvalue weighted by Gasteiger charge is 2.12. The lowest BCUT2D eigenvalue weighted by Crippen LogP contribution is -2.22. The van der Waals surface area contributed by atoms with Crippen molar-refractivity contribution in [2.24, 2.45) is 0 Å². The van der Waals surface area contributed by atoms with Gasteiger partial charge in [-0.2, -0.15) is 0 Å². The van der Waals surface area contributed by atoms with Crippen LogP contribution in [0.4, 0.5) is 0 Å². The van der Waals surface area contributed by atoms with Crippen molar-refractivity contribution in [3.63, 3.8) is 0 Å². The quantitative estimate of drug-likeness (QED) is 0.625. The molecule has 108 valence electrons. The molecule has 0 N–H and O–H groups in total. The third-order valence-corrected chi connectivity index (χ3v) is 4.04. The minimum atomic E-state index is -1.21. The van der Waals surface area contributed by atoms with Crippen LogP contribution in [0.25, 0.3) is 0 Å². The summed E-state index contributed by atoms with van der Waals surface area (Å²) in [5.41, 5.74) is 1.43. The molecule has 2 rings (SSSR count). The fraction of sp³-hybridized carbons (Fsp3) is 0.125. The molecular weight excluding hydrogens is 288 g/mol. The molecule has 2 aromatic rings. The maximum atomic E-state index is 11.7. The van der Waals surface area contributed by atoms with Gasteiger partial charge in [0, 0.05) is 16.2 Å². The van der Waals surface area contributed by atoms with Gasteiger partial charge in [-0.3, -0.25) is 0 Å². The Labute approximate surface area is 126 Å². The van der Waals surface area contributed by atoms with E-state index >= 15 is 0 Å². The van der Waals surface area contributed by atoms with Gasteiger partial charge in [0.15, 0.2) is 0 Å². The third-order valence-electron chi connectivity index (χ3n) is 2.91. The van der Waals surface area contributed by atoms with Crippen molar-refractivity contribution in [2.75, 3.05) is 7.11 Å². The lowest BCUT2D eigenvalue weighted by molar-refractivity contribution is -0.255. The van der Waals surface area contributed by atoms with Crippen LogP contribution < -0.4 is 5.11 Å². The molecule has 0 spiro atoms. The molecule has 0 bridgehead atoms. The van der Waals surface area contributed by atoms with E-state index in [1.165, 1.54) is 24.9 Å². The smallest absolute Gasteiger partial charge is 0.338 e. The Morgan fingerprint density at radius 1 is 1.05 bits per heavy atom. The second-order valence-corrected chi connectivity index (χ2v) is 5.24. The minimum absolute atomic E-state index is 0.151. The van der Waals surface area contributed by atoms with Gasteiger partial charge in [-0.25, -0.2) is 4.79 Å². The summed E-state index contributed by atoms with van der Waals surface area (Å²) in [6, 6.07) is 13.7. The summed E-state index contributed by atoms with van der Waals surface area (Å²) in [5.74, 6) is -1.14. The maximum Gasteiger partial charge on any atom is 0.338 e. The van der Waals surface area contributed by atoms with Crippen LogP contribution in [-0.4, -0.2) is 19.0 Å². The van der Waals surface area contributed by atoms with Crippen LogP contribution in [0.5, 0.6) is 0 Å². The summed E-state index contributed by atoms with van der Waals surface area (Å²) in [6.07, 6.45) is 0. The number of carboxylic acids is 1. The summed E-state index contributed by atoms with van der Waals surface area (Å²) < 4.78 is 4.74. The van der Waals surface area contributed by atoms with E-state index in [-0.39, 0.29) is 5.56 Å². The Balaban J connectivity index is 2.21. The largest absolute Gasteiger partial charge is 0.545 e. The van der Waals surface area contributed by atoms with Crippen molar-refractivity contribution in [1.29, 1.82) is 0 Å². The Hall–Kier alpha value is -2.27. The molecule has 0 aliphatic heterocycles. The van der Waals surface area contributed by atoms with Gasteiger partial charge < -0.3 is 14.6 Å². The van der Waals surface area contributed by atoms with Crippen LogP contribution in [0, 0.1) is 0 Å². The van der Waals surface area contributed by atoms with Gasteiger partial charge >= 0.3 is 5.97 Å². The number of ether oxygens (including phenoxy) is 1. The van der Waals surface area contributed by atoms with Crippen LogP contribution in [0.3, 0.4) is 0 Å². The number of methoxy groups -OCH3 is 1. The first-order valence-electron chi connectivity index (χ1n) is 6.23. The van der Waals surface area contributed by atoms with E-state index in [1.807, 2.05) is 12.1 Å². The summed E-state index contributed by atoms with van der Waals surface area (Å²) in [6.45, 7) is 0. The van der Waals surface area contributed by atoms with Crippen molar-refractivity contribution in [3.05, 3.63) is 65.2 Å². The van der Waals surface area contributed by atoms with Crippen LogP contribution in [-0.2, 0) is 10.5 Å². The van der Waals surface area contributed by atoms with Gasteiger partial charge in [0.1, 0.15) is 0 Å². The number of hydrogen-bond donors (Lipinski definition) is 0. The number of rotatable bonds is 5. The zero-order valence-corrected chi connectivity index (χ0v) is 12.2. The molecule has 0 atom stereocenters. The number of esters is 1. The van der Waals surface area contributed by atoms with Crippen molar-refractivity contribution in [1.82, 2.24) is 0 Å². The molecule has 0 aromatic heterocycles. The van der Waals surface area contributed by atoms with Crippen LogP contribution in [0.1, 0.15) is 26.3 Å². The summed E-state index contributed by atoms with van der Waals surface area (Å²) in [4.78, 5) is 23.3. The number of benzene rings is 2. The zero-order chi connectivity index (χ0) is 15.2. The molecule has 2 aromatic carbocycles. The summed E-state index contributed by atoms with van der Waals surface area (Å²) in [7, 11) is 1.33. The lowest BCUT2D eigenvalue weighted by atomic mass is 10.1. The first-order chi connectivity index (χ1) is 10.1. The highest BCUT2D eigenvalue weighted by molar-refractivity contribution is 7.98. The van der Waals surface area contributed by atoms with E-state index in [1.54, 1.807) is 30.3 Å². The summed E-state index contributed by atoms with van der Waals surface area (Å²) in [5, 5.41) is 11.1. The maximum absolute atomic E-state index is 11.7. The number of hydrogen-bond acceptors (Lipinski definition) is 5. The molecule has 0 saturated heterocycles. The molecule has 0 unspecified atom stereocenters. The second-order valence-electron chi connectivity index (χ2n) is 4.22. The predicted octanol–water partition coefficient (Wildman–Crippen LogP) is 2.13. The van der Waals surface area contributed by atoms with Gasteiger partial charge in [-0.05, 0) is 17.7 Å². The number of thioether (sulfide) groups is 1. The number of carbonyl (C=O) groups excluding carboxylic acids is 2. The molecule has 21 heavy (non-hydrogen) atoms. The number of carbonyl (C=O) groups is 2. The Morgan fingerprint density at radius 2 is 1.67 bits per heavy atom. The number of carboxylic acid groups (broad SMARTS) is 1. The molecule has 0 heterocycles. The van der Waals surface area contributed by atoms with Crippen LogP contribution >= 0.6 is 11.8 Å². The van der Waals surface area contributed by atoms with E-state index < -0.39 is 11.9 Å². The highest BCUT2D eigenvalue weighted by Crippen LogP contribution is 2.27. The average molecular weight is 301 g/mol. The zero-order valence-electron chi connectivity index (χ0n) is 11.4. The molecule has 0 fully saturated rings. The summed E-state index contributed by atoms with van der Waals surface area (Å²) >= 11 is 1.34. The van der Waals surface area contributed by atoms with E-state index in [0.717, 1.165) is 5.56 Å². The lowest BCUT2D eigenvalue weighted by Gasteiger charge is -2.11. The van der Waals surface area contributed by atoms with Gasteiger partial charge in [0.2, 0.25) is 0 Å². The Bertz CT molecular complexity index is 667. The van der Waals surface area contributed by atoms with Crippen molar-refractivity contribution < 1.29 is 19.4 Å². The van der Waals surface area contributed by atoms with Crippen LogP contribution in [0.2, 0.25) is 0 Å². The standard InChI is InChI=1S/C16H14O4S/c1-20-16(19)12-7-3-2-6-11(12)10-21-14-9-5-4-8-13(14)15(17)18/h2-9H,10H2,1H3,(H,17,18)/p-1. The first kappa shape index (κ1) is 15.1. The molecule has 0 amide bonds. The predicted molar refractivity (Wildman–Crippen MR) is 78.1 cm³/mol. The second kappa shape index (κ2) is 6.95. The number of aromatic carboxylic acids is 1. The van der Waals surface area contributed by atoms with Gasteiger partial charge in [0.05, 0.1) is 18.6 Å². The topological polar surface area (TPSA) is 66.4 Å². The van der Waals surface area contributed by atoms with Crippen molar-refractivity contribution in [2.45, 2.75) is 10.6 Å². The molecule has 5 heteroatoms. The average Bonchev–Trinajstić information content (AvgIpc) is 2.52. The Morgan fingerprint density at radius 3 is 2.33 bits per heavy atom. The minimum Gasteiger partial charge on any atom is -0.545 e. The molecule has 4 nitrogen and oxygen atoms in total. The normalized spacial score (nSPS) is 10.1.